The molecule has 0 heterocycles. The minimum absolute atomic E-state index is 0.0159. The second kappa shape index (κ2) is 21.1. The molecule has 0 saturated heterocycles. The fraction of sp³-hybridized carbons (Fsp3) is 0.301. The Kier molecular flexibility index (Phi) is 13.4. The lowest BCUT2D eigenvalue weighted by Gasteiger charge is -2.57. The Labute approximate surface area is 533 Å². The molecule has 0 radical (unpaired) electrons. The fourth-order valence-electron chi connectivity index (χ4n) is 19.5. The topological polar surface area (TPSA) is 139 Å². The van der Waals surface area contributed by atoms with Gasteiger partial charge in [0.15, 0.2) is 0 Å². The highest BCUT2D eigenvalue weighted by Crippen LogP contribution is 2.67. The number of benzene rings is 8. The van der Waals surface area contributed by atoms with Gasteiger partial charge in [0, 0.05) is 33.4 Å². The van der Waals surface area contributed by atoms with Gasteiger partial charge in [-0.3, -0.25) is 9.59 Å². The zero-order valence-corrected chi connectivity index (χ0v) is 51.9. The van der Waals surface area contributed by atoms with Crippen molar-refractivity contribution in [1.82, 2.24) is 0 Å². The van der Waals surface area contributed by atoms with E-state index < -0.39 is 17.2 Å². The molecule has 8 bridgehead atoms. The third kappa shape index (κ3) is 8.93. The number of aryl methyl sites for hydroxylation is 4. The normalized spacial score (nSPS) is 23.9. The summed E-state index contributed by atoms with van der Waals surface area (Å²) in [6, 6.07) is 39.3. The molecule has 450 valence electrons. The third-order valence-corrected chi connectivity index (χ3v) is 22.8. The maximum atomic E-state index is 14.9. The van der Waals surface area contributed by atoms with Crippen LogP contribution in [-0.2, 0) is 16.2 Å². The summed E-state index contributed by atoms with van der Waals surface area (Å²) in [5, 5.41) is 55.7. The summed E-state index contributed by atoms with van der Waals surface area (Å²) < 4.78 is 0. The third-order valence-electron chi connectivity index (χ3n) is 22.8. The zero-order chi connectivity index (χ0) is 63.2. The highest BCUT2D eigenvalue weighted by molar-refractivity contribution is 6.10. The number of carbonyl (C=O) groups excluding carboxylic acids is 2. The van der Waals surface area contributed by atoms with Gasteiger partial charge in [-0.15, -0.1) is 25.7 Å². The van der Waals surface area contributed by atoms with Crippen molar-refractivity contribution >= 4 is 23.2 Å². The van der Waals surface area contributed by atoms with Crippen LogP contribution in [0.1, 0.15) is 176 Å². The minimum atomic E-state index is -1.40. The van der Waals surface area contributed by atoms with Crippen LogP contribution in [0.3, 0.4) is 0 Å². The van der Waals surface area contributed by atoms with Crippen LogP contribution in [0, 0.1) is 113 Å². The second-order valence-corrected chi connectivity index (χ2v) is 28.4. The highest BCUT2D eigenvalue weighted by Gasteiger charge is 2.56. The van der Waals surface area contributed by atoms with Crippen LogP contribution < -0.4 is 10.6 Å². The Morgan fingerprint density at radius 3 is 1.10 bits per heavy atom. The molecule has 8 aromatic rings. The summed E-state index contributed by atoms with van der Waals surface area (Å²) in [4.78, 5) is 29.9. The van der Waals surface area contributed by atoms with E-state index in [4.69, 9.17) is 25.7 Å². The lowest BCUT2D eigenvalue weighted by atomic mass is 9.47. The maximum absolute atomic E-state index is 14.9. The van der Waals surface area contributed by atoms with Crippen LogP contribution in [0.2, 0.25) is 0 Å². The van der Waals surface area contributed by atoms with Gasteiger partial charge in [0.05, 0.1) is 27.9 Å². The quantitative estimate of drug-likeness (QED) is 0.0754. The first-order valence-corrected chi connectivity index (χ1v) is 32.3. The lowest BCUT2D eigenvalue weighted by molar-refractivity contribution is -0.00530. The van der Waals surface area contributed by atoms with Crippen molar-refractivity contribution in [3.05, 3.63) is 210 Å². The number of hydrogen-bond acceptors (Lipinski definition) is 6. The van der Waals surface area contributed by atoms with Gasteiger partial charge in [0.25, 0.3) is 11.8 Å². The van der Waals surface area contributed by atoms with Crippen LogP contribution in [0.15, 0.2) is 121 Å². The van der Waals surface area contributed by atoms with Gasteiger partial charge in [-0.1, -0.05) is 84.3 Å². The highest BCUT2D eigenvalue weighted by atomic mass is 16.3. The largest absolute Gasteiger partial charge is 0.508 e. The van der Waals surface area contributed by atoms with Crippen LogP contribution in [-0.4, -0.2) is 32.2 Å². The Bertz CT molecular complexity index is 4330. The molecule has 8 aromatic carbocycles. The van der Waals surface area contributed by atoms with Gasteiger partial charge in [0.2, 0.25) is 0 Å². The number of terminal acetylenes is 4. The maximum Gasteiger partial charge on any atom is 0.255 e. The summed E-state index contributed by atoms with van der Waals surface area (Å²) in [5.41, 5.74) is 12.3. The van der Waals surface area contributed by atoms with Crippen molar-refractivity contribution in [2.75, 3.05) is 10.6 Å². The monoisotopic (exact) mass is 1190 g/mol. The number of carbonyl (C=O) groups is 2. The number of anilines is 2. The molecule has 17 rings (SSSR count). The Morgan fingerprint density at radius 1 is 0.407 bits per heavy atom. The van der Waals surface area contributed by atoms with Gasteiger partial charge in [-0.05, 0) is 290 Å². The second-order valence-electron chi connectivity index (χ2n) is 28.4. The Morgan fingerprint density at radius 2 is 0.758 bits per heavy atom. The Balaban J connectivity index is 1.10. The predicted octanol–water partition coefficient (Wildman–Crippen LogP) is 16.8. The van der Waals surface area contributed by atoms with Crippen molar-refractivity contribution in [3.63, 3.8) is 0 Å². The van der Waals surface area contributed by atoms with Crippen molar-refractivity contribution < 1.29 is 30.0 Å². The molecule has 0 unspecified atom stereocenters. The molecule has 8 nitrogen and oxygen atoms in total. The predicted molar refractivity (Wildman–Crippen MR) is 360 cm³/mol. The van der Waals surface area contributed by atoms with Crippen LogP contribution in [0.5, 0.6) is 23.0 Å². The number of hydrogen-bond donors (Lipinski definition) is 6. The van der Waals surface area contributed by atoms with E-state index in [0.717, 1.165) is 71.9 Å². The molecule has 9 aliphatic carbocycles. The van der Waals surface area contributed by atoms with E-state index in [-0.39, 0.29) is 67.5 Å². The number of aromatic hydroxyl groups is 4. The molecular formula is C83H72N2O6. The fourth-order valence-corrected chi connectivity index (χ4v) is 19.5. The standard InChI is InChI=1S/C83H72N2O6/c1-9-49-15-13-17-57(33-49)79(90)84-75-61(11-3)77(88)47(7)23-67(75)65-37-73(86)45(5)25-69(65)83(70-26-46(6)74(87)38-66(70)68-24-48(8)78(89)62(12-4)76(68)85-80(91)58-18-14-16-50(10-2)34-58)71-35-59(81-39-51-27-52(40-81)29-53(28-51)41-81)19-21-63(71)64-22-20-60(36-72(64)83)82-42-54-30-55(43-82)32-56(31-54)44-82/h1-4,13-26,33-38,51-56,86-89H,27-32,39-44H2,5-8H3,(H,84,90)(H,85,91). The SMILES string of the molecule is C#Cc1cccc(C(=O)Nc2c(-c3cc(O)c(C)cc3C3(c4cc(C)c(O)cc4-c4cc(C)c(O)c(C#C)c4NC(=O)c4cccc(C#C)c4)c4cc(C56CC7CC(CC(C7)C5)C6)ccc4-c4ccc(C56CC7CC(CC(C7)C5)C6)cc43)cc(C)c(O)c2C#C)c1. The van der Waals surface area contributed by atoms with Crippen LogP contribution in [0.4, 0.5) is 11.4 Å². The average molecular weight is 1190 g/mol. The number of fused-ring (bicyclic) bond motifs is 3. The average Bonchev–Trinajstić information content (AvgIpc) is 1.56. The van der Waals surface area contributed by atoms with Gasteiger partial charge in [-0.2, -0.15) is 0 Å². The molecule has 0 spiro atoms. The first kappa shape index (κ1) is 57.6. The molecule has 0 atom stereocenters. The molecule has 0 aliphatic heterocycles. The summed E-state index contributed by atoms with van der Waals surface area (Å²) in [5.74, 6) is 13.2. The first-order valence-electron chi connectivity index (χ1n) is 32.3. The molecule has 9 aliphatic rings. The molecule has 2 amide bonds. The van der Waals surface area contributed by atoms with Gasteiger partial charge in [0.1, 0.15) is 23.0 Å². The lowest BCUT2D eigenvalue weighted by Crippen LogP contribution is -2.48. The summed E-state index contributed by atoms with van der Waals surface area (Å²) in [6.45, 7) is 7.35. The number of rotatable bonds is 10. The Hall–Kier alpha value is -9.86. The van der Waals surface area contributed by atoms with Crippen molar-refractivity contribution in [2.24, 2.45) is 35.5 Å². The summed E-state index contributed by atoms with van der Waals surface area (Å²) in [6.07, 6.45) is 39.0. The van der Waals surface area contributed by atoms with Crippen molar-refractivity contribution in [1.29, 1.82) is 0 Å². The summed E-state index contributed by atoms with van der Waals surface area (Å²) >= 11 is 0. The molecule has 8 saturated carbocycles. The molecule has 8 heteroatoms. The van der Waals surface area contributed by atoms with E-state index >= 15 is 0 Å². The van der Waals surface area contributed by atoms with Crippen molar-refractivity contribution in [2.45, 2.75) is 121 Å². The molecule has 0 aromatic heterocycles. The number of amides is 2. The van der Waals surface area contributed by atoms with Gasteiger partial charge < -0.3 is 31.1 Å². The molecule has 6 N–H and O–H groups in total. The molecule has 8 fully saturated rings. The molecule has 91 heavy (non-hydrogen) atoms. The van der Waals surface area contributed by atoms with Gasteiger partial charge in [-0.25, -0.2) is 0 Å². The minimum Gasteiger partial charge on any atom is -0.508 e. The zero-order valence-electron chi connectivity index (χ0n) is 51.9. The number of phenols is 4. The number of phenolic OH excluding ortho intramolecular Hbond substituents is 4. The van der Waals surface area contributed by atoms with Crippen LogP contribution in [0.25, 0.3) is 33.4 Å². The first-order chi connectivity index (χ1) is 43.8. The summed E-state index contributed by atoms with van der Waals surface area (Å²) in [7, 11) is 0. The van der Waals surface area contributed by atoms with Crippen molar-refractivity contribution in [3.8, 4) is 106 Å². The molecular weight excluding hydrogens is 1120 g/mol. The van der Waals surface area contributed by atoms with Crippen LogP contribution >= 0.6 is 0 Å². The van der Waals surface area contributed by atoms with E-state index in [1.54, 1.807) is 74.5 Å². The van der Waals surface area contributed by atoms with E-state index in [1.165, 1.54) is 49.7 Å². The van der Waals surface area contributed by atoms with E-state index in [9.17, 15) is 30.0 Å². The van der Waals surface area contributed by atoms with E-state index in [2.05, 4.69) is 82.8 Å². The number of nitrogens with one attached hydrogen (secondary N) is 2. The van der Waals surface area contributed by atoms with Gasteiger partial charge >= 0.3 is 0 Å². The van der Waals surface area contributed by atoms with E-state index in [0.29, 0.717) is 91.1 Å². The smallest absolute Gasteiger partial charge is 0.255 e. The van der Waals surface area contributed by atoms with E-state index in [1.807, 2.05) is 26.0 Å².